The molecule has 0 aromatic heterocycles. The van der Waals surface area contributed by atoms with E-state index < -0.39 is 0 Å². The van der Waals surface area contributed by atoms with Crippen molar-refractivity contribution in [3.63, 3.8) is 0 Å². The lowest BCUT2D eigenvalue weighted by Gasteiger charge is -2.42. The van der Waals surface area contributed by atoms with Gasteiger partial charge in [-0.3, -0.25) is 4.90 Å². The predicted molar refractivity (Wildman–Crippen MR) is 89.9 cm³/mol. The molecule has 1 aliphatic carbocycles. The number of nitrogens with one attached hydrogen (secondary N) is 1. The molecule has 0 saturated carbocycles. The van der Waals surface area contributed by atoms with Crippen LogP contribution < -0.4 is 5.32 Å². The third kappa shape index (κ3) is 3.49. The molecule has 1 saturated heterocycles. The Morgan fingerprint density at radius 1 is 1.29 bits per heavy atom. The van der Waals surface area contributed by atoms with Gasteiger partial charge in [0, 0.05) is 31.7 Å². The number of nitrogens with zero attached hydrogens (tertiary/aromatic N) is 1. The number of aryl methyl sites for hydroxylation is 1. The van der Waals surface area contributed by atoms with E-state index in [0.717, 1.165) is 12.0 Å². The van der Waals surface area contributed by atoms with Crippen molar-refractivity contribution in [2.45, 2.75) is 64.0 Å². The molecule has 3 atom stereocenters. The van der Waals surface area contributed by atoms with Crippen LogP contribution >= 0.6 is 0 Å². The molecule has 1 aliphatic heterocycles. The monoisotopic (exact) mass is 286 g/mol. The maximum absolute atomic E-state index is 3.66. The van der Waals surface area contributed by atoms with E-state index in [-0.39, 0.29) is 0 Å². The third-order valence-electron chi connectivity index (χ3n) is 5.30. The average Bonchev–Trinajstić information content (AvgIpc) is 2.50. The molecule has 1 fully saturated rings. The molecule has 21 heavy (non-hydrogen) atoms. The molecule has 1 N–H and O–H groups in total. The molecule has 3 unspecified atom stereocenters. The van der Waals surface area contributed by atoms with Crippen molar-refractivity contribution in [2.24, 2.45) is 0 Å². The van der Waals surface area contributed by atoms with Crippen LogP contribution in [0.5, 0.6) is 0 Å². The van der Waals surface area contributed by atoms with E-state index in [0.29, 0.717) is 6.04 Å². The number of piperazine rings is 1. The Labute approximate surface area is 129 Å². The van der Waals surface area contributed by atoms with E-state index >= 15 is 0 Å². The fraction of sp³-hybridized carbons (Fsp3) is 0.684. The zero-order valence-electron chi connectivity index (χ0n) is 13.6. The fourth-order valence-corrected chi connectivity index (χ4v) is 4.20. The maximum Gasteiger partial charge on any atom is 0.0221 e. The lowest BCUT2D eigenvalue weighted by atomic mass is 9.82. The highest BCUT2D eigenvalue weighted by Crippen LogP contribution is 2.33. The summed E-state index contributed by atoms with van der Waals surface area (Å²) in [5, 5.41) is 3.66. The molecule has 0 amide bonds. The highest BCUT2D eigenvalue weighted by atomic mass is 15.2. The van der Waals surface area contributed by atoms with Crippen LogP contribution in [0.4, 0.5) is 0 Å². The summed E-state index contributed by atoms with van der Waals surface area (Å²) < 4.78 is 0. The molecule has 116 valence electrons. The van der Waals surface area contributed by atoms with Gasteiger partial charge >= 0.3 is 0 Å². The van der Waals surface area contributed by atoms with Gasteiger partial charge < -0.3 is 5.32 Å². The van der Waals surface area contributed by atoms with Gasteiger partial charge in [-0.25, -0.2) is 0 Å². The highest BCUT2D eigenvalue weighted by molar-refractivity contribution is 5.32. The van der Waals surface area contributed by atoms with Gasteiger partial charge in [0.2, 0.25) is 0 Å². The van der Waals surface area contributed by atoms with E-state index in [4.69, 9.17) is 0 Å². The first-order valence-corrected chi connectivity index (χ1v) is 8.83. The van der Waals surface area contributed by atoms with Crippen LogP contribution in [0.15, 0.2) is 24.3 Å². The van der Waals surface area contributed by atoms with E-state index in [1.54, 1.807) is 11.1 Å². The average molecular weight is 286 g/mol. The molecule has 2 aliphatic rings. The quantitative estimate of drug-likeness (QED) is 0.910. The van der Waals surface area contributed by atoms with Gasteiger partial charge in [0.25, 0.3) is 0 Å². The molecule has 0 radical (unpaired) electrons. The Bertz CT molecular complexity index is 457. The third-order valence-corrected chi connectivity index (χ3v) is 5.30. The molecular formula is C19H30N2. The largest absolute Gasteiger partial charge is 0.311 e. The van der Waals surface area contributed by atoms with Gasteiger partial charge in [-0.15, -0.1) is 0 Å². The zero-order chi connectivity index (χ0) is 14.7. The Morgan fingerprint density at radius 3 is 3.00 bits per heavy atom. The van der Waals surface area contributed by atoms with Crippen LogP contribution in [0.25, 0.3) is 0 Å². The van der Waals surface area contributed by atoms with E-state index in [1.165, 1.54) is 51.7 Å². The van der Waals surface area contributed by atoms with Crippen LogP contribution in [0.1, 0.15) is 56.6 Å². The summed E-state index contributed by atoms with van der Waals surface area (Å²) in [5.74, 6) is 0.750. The second-order valence-electron chi connectivity index (χ2n) is 6.99. The zero-order valence-corrected chi connectivity index (χ0v) is 13.6. The minimum Gasteiger partial charge on any atom is -0.311 e. The summed E-state index contributed by atoms with van der Waals surface area (Å²) in [5.41, 5.74) is 3.23. The van der Waals surface area contributed by atoms with Gasteiger partial charge in [0.1, 0.15) is 0 Å². The van der Waals surface area contributed by atoms with E-state index in [2.05, 4.69) is 48.3 Å². The predicted octanol–water partition coefficient (Wildman–Crippen LogP) is 3.57. The standard InChI is InChI=1S/C19H30N2/c1-3-7-18-12-20-15(2)13-21(18)14-17-10-6-9-16-8-4-5-11-19(16)17/h4-5,8,11,15,17-18,20H,3,6-7,9-10,12-14H2,1-2H3. The van der Waals surface area contributed by atoms with Gasteiger partial charge in [-0.05, 0) is 49.7 Å². The Balaban J connectivity index is 1.72. The number of benzene rings is 1. The number of fused-ring (bicyclic) bond motifs is 1. The maximum atomic E-state index is 3.66. The van der Waals surface area contributed by atoms with E-state index in [9.17, 15) is 0 Å². The minimum absolute atomic E-state index is 0.636. The van der Waals surface area contributed by atoms with Crippen LogP contribution in [0.2, 0.25) is 0 Å². The van der Waals surface area contributed by atoms with Crippen LogP contribution in [0.3, 0.4) is 0 Å². The smallest absolute Gasteiger partial charge is 0.0221 e. The second kappa shape index (κ2) is 6.93. The summed E-state index contributed by atoms with van der Waals surface area (Å²) in [6, 6.07) is 10.5. The van der Waals surface area contributed by atoms with Crippen LogP contribution in [-0.4, -0.2) is 36.6 Å². The highest BCUT2D eigenvalue weighted by Gasteiger charge is 2.29. The molecular weight excluding hydrogens is 256 g/mol. The van der Waals surface area contributed by atoms with Crippen molar-refractivity contribution in [2.75, 3.05) is 19.6 Å². The SMILES string of the molecule is CCCC1CNC(C)CN1CC1CCCc2ccccc21. The van der Waals surface area contributed by atoms with Crippen molar-refractivity contribution in [1.29, 1.82) is 0 Å². The van der Waals surface area contributed by atoms with Crippen molar-refractivity contribution in [1.82, 2.24) is 10.2 Å². The second-order valence-corrected chi connectivity index (χ2v) is 6.99. The van der Waals surface area contributed by atoms with Gasteiger partial charge in [0.15, 0.2) is 0 Å². The van der Waals surface area contributed by atoms with Crippen molar-refractivity contribution >= 4 is 0 Å². The molecule has 2 nitrogen and oxygen atoms in total. The van der Waals surface area contributed by atoms with Gasteiger partial charge in [0.05, 0.1) is 0 Å². The number of rotatable bonds is 4. The normalized spacial score (nSPS) is 30.1. The summed E-state index contributed by atoms with van der Waals surface area (Å²) in [4.78, 5) is 2.78. The molecule has 0 spiro atoms. The lowest BCUT2D eigenvalue weighted by Crippen LogP contribution is -2.56. The number of hydrogen-bond acceptors (Lipinski definition) is 2. The summed E-state index contributed by atoms with van der Waals surface area (Å²) in [6.45, 7) is 8.27. The fourth-order valence-electron chi connectivity index (χ4n) is 4.20. The molecule has 2 heteroatoms. The molecule has 1 aromatic rings. The number of hydrogen-bond donors (Lipinski definition) is 1. The summed E-state index contributed by atoms with van der Waals surface area (Å²) in [7, 11) is 0. The molecule has 1 heterocycles. The lowest BCUT2D eigenvalue weighted by molar-refractivity contribution is 0.117. The first kappa shape index (κ1) is 15.1. The Morgan fingerprint density at radius 2 is 2.14 bits per heavy atom. The Kier molecular flexibility index (Phi) is 4.97. The van der Waals surface area contributed by atoms with Crippen molar-refractivity contribution in [3.05, 3.63) is 35.4 Å². The summed E-state index contributed by atoms with van der Waals surface area (Å²) >= 11 is 0. The van der Waals surface area contributed by atoms with Gasteiger partial charge in [-0.1, -0.05) is 37.6 Å². The minimum atomic E-state index is 0.636. The van der Waals surface area contributed by atoms with Crippen LogP contribution in [-0.2, 0) is 6.42 Å². The van der Waals surface area contributed by atoms with Crippen molar-refractivity contribution in [3.8, 4) is 0 Å². The molecule has 3 rings (SSSR count). The van der Waals surface area contributed by atoms with Crippen molar-refractivity contribution < 1.29 is 0 Å². The Hall–Kier alpha value is -0.860. The van der Waals surface area contributed by atoms with E-state index in [1.807, 2.05) is 0 Å². The molecule has 1 aromatic carbocycles. The summed E-state index contributed by atoms with van der Waals surface area (Å²) in [6.07, 6.45) is 6.63. The first-order chi connectivity index (χ1) is 10.3. The first-order valence-electron chi connectivity index (χ1n) is 8.83. The molecule has 0 bridgehead atoms. The van der Waals surface area contributed by atoms with Crippen LogP contribution in [0, 0.1) is 0 Å². The van der Waals surface area contributed by atoms with Gasteiger partial charge in [-0.2, -0.15) is 0 Å². The topological polar surface area (TPSA) is 15.3 Å².